The average molecular weight is 324 g/mol. The number of likely N-dealkylation sites (N-methyl/N-ethyl adjacent to an activating group) is 1. The van der Waals surface area contributed by atoms with Gasteiger partial charge in [-0.05, 0) is 37.6 Å². The molecule has 0 spiro atoms. The van der Waals surface area contributed by atoms with E-state index in [1.165, 1.54) is 25.3 Å². The first kappa shape index (κ1) is 17.0. The molecule has 1 aromatic carbocycles. The molecule has 1 amide bonds. The first-order chi connectivity index (χ1) is 11.4. The number of hydrogen-bond donors (Lipinski definition) is 1. The zero-order valence-electron chi connectivity index (χ0n) is 13.5. The molecule has 0 atom stereocenters. The summed E-state index contributed by atoms with van der Waals surface area (Å²) < 4.78 is 1.84. The highest BCUT2D eigenvalue weighted by Crippen LogP contribution is 2.25. The molecule has 1 aromatic heterocycles. The van der Waals surface area contributed by atoms with Gasteiger partial charge in [0.25, 0.3) is 11.6 Å². The molecule has 24 heavy (non-hydrogen) atoms. The third kappa shape index (κ3) is 3.17. The van der Waals surface area contributed by atoms with Gasteiger partial charge in [0.1, 0.15) is 11.6 Å². The highest BCUT2D eigenvalue weighted by Gasteiger charge is 2.14. The summed E-state index contributed by atoms with van der Waals surface area (Å²) in [6.45, 7) is 3.69. The number of nitro groups is 1. The van der Waals surface area contributed by atoms with Crippen LogP contribution >= 0.6 is 0 Å². The Bertz CT molecular complexity index is 888. The molecule has 1 N–H and O–H groups in total. The largest absolute Gasteiger partial charge is 0.354 e. The van der Waals surface area contributed by atoms with Crippen LogP contribution in [0.1, 0.15) is 17.0 Å². The number of amides is 1. The zero-order chi connectivity index (χ0) is 17.9. The molecule has 7 heteroatoms. The van der Waals surface area contributed by atoms with Gasteiger partial charge in [-0.2, -0.15) is 5.26 Å². The van der Waals surface area contributed by atoms with Gasteiger partial charge in [-0.15, -0.1) is 0 Å². The molecule has 0 radical (unpaired) electrons. The molecule has 0 aliphatic carbocycles. The van der Waals surface area contributed by atoms with Crippen LogP contribution in [0.15, 0.2) is 35.9 Å². The molecule has 0 saturated carbocycles. The van der Waals surface area contributed by atoms with Crippen molar-refractivity contribution in [2.75, 3.05) is 7.05 Å². The lowest BCUT2D eigenvalue weighted by molar-refractivity contribution is -0.384. The number of non-ortho nitro benzene ring substituents is 1. The normalized spacial score (nSPS) is 11.0. The molecule has 2 rings (SSSR count). The quantitative estimate of drug-likeness (QED) is 0.404. The van der Waals surface area contributed by atoms with E-state index < -0.39 is 10.8 Å². The van der Waals surface area contributed by atoms with Gasteiger partial charge in [0, 0.05) is 30.6 Å². The van der Waals surface area contributed by atoms with E-state index in [4.69, 9.17) is 5.26 Å². The lowest BCUT2D eigenvalue weighted by Gasteiger charge is -2.09. The van der Waals surface area contributed by atoms with E-state index in [2.05, 4.69) is 5.32 Å². The van der Waals surface area contributed by atoms with Crippen molar-refractivity contribution in [3.8, 4) is 11.8 Å². The van der Waals surface area contributed by atoms with Gasteiger partial charge in [-0.1, -0.05) is 6.07 Å². The van der Waals surface area contributed by atoms with Crippen molar-refractivity contribution >= 4 is 17.7 Å². The summed E-state index contributed by atoms with van der Waals surface area (Å²) >= 11 is 0. The molecule has 2 aromatic rings. The number of carbonyl (C=O) groups excluding carboxylic acids is 1. The second-order valence-corrected chi connectivity index (χ2v) is 5.19. The van der Waals surface area contributed by atoms with Crippen LogP contribution in [-0.2, 0) is 4.79 Å². The lowest BCUT2D eigenvalue weighted by Crippen LogP contribution is -2.19. The fraction of sp³-hybridized carbons (Fsp3) is 0.176. The number of aromatic nitrogens is 1. The predicted octanol–water partition coefficient (Wildman–Crippen LogP) is 2.66. The number of nitriles is 1. The highest BCUT2D eigenvalue weighted by atomic mass is 16.6. The van der Waals surface area contributed by atoms with Crippen molar-refractivity contribution in [3.63, 3.8) is 0 Å². The van der Waals surface area contributed by atoms with Crippen LogP contribution in [0.2, 0.25) is 0 Å². The Balaban J connectivity index is 2.57. The van der Waals surface area contributed by atoms with Crippen molar-refractivity contribution in [2.24, 2.45) is 0 Å². The van der Waals surface area contributed by atoms with Crippen LogP contribution in [0, 0.1) is 35.3 Å². The van der Waals surface area contributed by atoms with Gasteiger partial charge in [0.2, 0.25) is 0 Å². The minimum Gasteiger partial charge on any atom is -0.354 e. The Morgan fingerprint density at radius 3 is 2.67 bits per heavy atom. The van der Waals surface area contributed by atoms with Crippen LogP contribution < -0.4 is 5.32 Å². The van der Waals surface area contributed by atoms with Crippen LogP contribution in [0.5, 0.6) is 0 Å². The fourth-order valence-electron chi connectivity index (χ4n) is 2.52. The van der Waals surface area contributed by atoms with Crippen LogP contribution in [0.4, 0.5) is 5.69 Å². The topological polar surface area (TPSA) is 101 Å². The Labute approximate surface area is 139 Å². The van der Waals surface area contributed by atoms with E-state index in [9.17, 15) is 14.9 Å². The Morgan fingerprint density at radius 1 is 1.38 bits per heavy atom. The predicted molar refractivity (Wildman–Crippen MR) is 89.6 cm³/mol. The maximum Gasteiger partial charge on any atom is 0.271 e. The van der Waals surface area contributed by atoms with E-state index in [-0.39, 0.29) is 11.3 Å². The smallest absolute Gasteiger partial charge is 0.271 e. The monoisotopic (exact) mass is 324 g/mol. The second kappa shape index (κ2) is 6.79. The summed E-state index contributed by atoms with van der Waals surface area (Å²) in [5, 5.41) is 22.5. The summed E-state index contributed by atoms with van der Waals surface area (Å²) in [7, 11) is 1.46. The van der Waals surface area contributed by atoms with Gasteiger partial charge >= 0.3 is 0 Å². The minimum atomic E-state index is -0.461. The maximum atomic E-state index is 11.7. The van der Waals surface area contributed by atoms with Gasteiger partial charge in [0.05, 0.1) is 10.6 Å². The maximum absolute atomic E-state index is 11.7. The number of carbonyl (C=O) groups is 1. The number of nitrogens with zero attached hydrogens (tertiary/aromatic N) is 3. The van der Waals surface area contributed by atoms with Crippen molar-refractivity contribution in [2.45, 2.75) is 13.8 Å². The molecule has 122 valence electrons. The number of aryl methyl sites for hydroxylation is 1. The lowest BCUT2D eigenvalue weighted by atomic mass is 10.1. The van der Waals surface area contributed by atoms with Crippen molar-refractivity contribution in [1.29, 1.82) is 5.26 Å². The molecule has 0 saturated heterocycles. The summed E-state index contributed by atoms with van der Waals surface area (Å²) in [5.74, 6) is -0.461. The first-order valence-corrected chi connectivity index (χ1v) is 7.16. The Morgan fingerprint density at radius 2 is 2.08 bits per heavy atom. The molecule has 0 fully saturated rings. The van der Waals surface area contributed by atoms with Crippen LogP contribution in [0.3, 0.4) is 0 Å². The van der Waals surface area contributed by atoms with E-state index >= 15 is 0 Å². The van der Waals surface area contributed by atoms with Crippen LogP contribution in [-0.4, -0.2) is 22.4 Å². The molecule has 0 aliphatic rings. The van der Waals surface area contributed by atoms with E-state index in [0.717, 1.165) is 11.4 Å². The number of benzene rings is 1. The van der Waals surface area contributed by atoms with Gasteiger partial charge in [-0.25, -0.2) is 0 Å². The van der Waals surface area contributed by atoms with Crippen molar-refractivity contribution < 1.29 is 9.72 Å². The number of hydrogen-bond acceptors (Lipinski definition) is 4. The van der Waals surface area contributed by atoms with Gasteiger partial charge in [0.15, 0.2) is 0 Å². The van der Waals surface area contributed by atoms with Crippen LogP contribution in [0.25, 0.3) is 11.8 Å². The number of nitrogens with one attached hydrogen (secondary N) is 1. The molecular weight excluding hydrogens is 308 g/mol. The van der Waals surface area contributed by atoms with E-state index in [0.29, 0.717) is 11.3 Å². The third-order valence-corrected chi connectivity index (χ3v) is 3.66. The summed E-state index contributed by atoms with van der Waals surface area (Å²) in [4.78, 5) is 22.2. The molecule has 0 unspecified atom stereocenters. The Hall–Kier alpha value is -3.40. The molecule has 7 nitrogen and oxygen atoms in total. The average Bonchev–Trinajstić information content (AvgIpc) is 2.85. The molecule has 0 aliphatic heterocycles. The van der Waals surface area contributed by atoms with Gasteiger partial charge < -0.3 is 9.88 Å². The number of rotatable bonds is 4. The summed E-state index contributed by atoms with van der Waals surface area (Å²) in [6.07, 6.45) is 1.51. The molecule has 1 heterocycles. The minimum absolute atomic E-state index is 0.000154. The van der Waals surface area contributed by atoms with Gasteiger partial charge in [-0.3, -0.25) is 14.9 Å². The van der Waals surface area contributed by atoms with Crippen molar-refractivity contribution in [3.05, 3.63) is 63.0 Å². The van der Waals surface area contributed by atoms with E-state index in [1.807, 2.05) is 30.6 Å². The zero-order valence-corrected chi connectivity index (χ0v) is 13.5. The second-order valence-electron chi connectivity index (χ2n) is 5.19. The summed E-state index contributed by atoms with van der Waals surface area (Å²) in [5.41, 5.74) is 2.98. The molecule has 0 bridgehead atoms. The highest BCUT2D eigenvalue weighted by molar-refractivity contribution is 6.01. The Kier molecular flexibility index (Phi) is 4.80. The number of nitro benzene ring substituents is 1. The summed E-state index contributed by atoms with van der Waals surface area (Å²) in [6, 6.07) is 10.00. The third-order valence-electron chi connectivity index (χ3n) is 3.66. The first-order valence-electron chi connectivity index (χ1n) is 7.16. The fourth-order valence-corrected chi connectivity index (χ4v) is 2.52. The van der Waals surface area contributed by atoms with Crippen molar-refractivity contribution in [1.82, 2.24) is 9.88 Å². The SMILES string of the molecule is CNC(=O)/C(C#N)=C\c1cc(C)n(-c2cccc([N+](=O)[O-])c2)c1C. The molecular formula is C17H16N4O3. The van der Waals surface area contributed by atoms with E-state index in [1.54, 1.807) is 12.1 Å². The standard InChI is InChI=1S/C17H16N4O3/c1-11-7-13(8-14(10-18)17(22)19-3)12(2)20(11)15-5-4-6-16(9-15)21(23)24/h4-9H,1-3H3,(H,19,22)/b14-8-.